The minimum absolute atomic E-state index is 0.00180. The summed E-state index contributed by atoms with van der Waals surface area (Å²) in [6.45, 7) is 2.52. The van der Waals surface area contributed by atoms with Crippen molar-refractivity contribution in [2.75, 3.05) is 57.5 Å². The van der Waals surface area contributed by atoms with Crippen molar-refractivity contribution < 1.29 is 106 Å². The molecule has 7 rings (SSSR count). The molecule has 2 aromatic heterocycles. The molecule has 442 valence electrons. The average Bonchev–Trinajstić information content (AvgIpc) is 4.12. The number of imidazole rings is 1. The summed E-state index contributed by atoms with van der Waals surface area (Å²) in [5.74, 6) is -1.37. The Hall–Kier alpha value is -5.67. The number of benzene rings is 3. The van der Waals surface area contributed by atoms with Crippen LogP contribution in [0, 0.1) is 0 Å². The molecule has 3 unspecified atom stereocenters. The number of carbonyl (C=O) groups excluding carboxylic acids is 2. The first kappa shape index (κ1) is 62.9. The van der Waals surface area contributed by atoms with E-state index in [4.69, 9.17) is 19.4 Å². The van der Waals surface area contributed by atoms with Crippen LogP contribution >= 0.6 is 23.5 Å². The van der Waals surface area contributed by atoms with Gasteiger partial charge in [0.1, 0.15) is 51.7 Å². The molecule has 1 fully saturated rings. The molecule has 0 radical (unpaired) electrons. The summed E-state index contributed by atoms with van der Waals surface area (Å²) in [4.78, 5) is 71.5. The van der Waals surface area contributed by atoms with Gasteiger partial charge in [-0.15, -0.1) is 0 Å². The molecule has 3 aliphatic rings. The van der Waals surface area contributed by atoms with Gasteiger partial charge in [-0.05, 0) is 62.9 Å². The minimum atomic E-state index is -5.85. The molecule has 1 saturated heterocycles. The lowest BCUT2D eigenvalue weighted by molar-refractivity contribution is -0.498. The highest BCUT2D eigenvalue weighted by Gasteiger charge is 2.47. The predicted octanol–water partition coefficient (Wildman–Crippen LogP) is 1.73. The fourth-order valence-corrected chi connectivity index (χ4v) is 14.0. The van der Waals surface area contributed by atoms with Crippen molar-refractivity contribution in [1.82, 2.24) is 29.7 Å². The number of phosphoric ester groups is 2. The van der Waals surface area contributed by atoms with E-state index < -0.39 is 108 Å². The van der Waals surface area contributed by atoms with Gasteiger partial charge in [-0.25, -0.2) is 42.1 Å². The van der Waals surface area contributed by atoms with Crippen LogP contribution in [-0.4, -0.2) is 152 Å². The topological polar surface area (TPSA) is 468 Å². The number of aromatic nitrogens is 4. The lowest BCUT2D eigenvalue weighted by Gasteiger charge is -2.23. The first-order chi connectivity index (χ1) is 38.1. The Morgan fingerprint density at radius 2 is 1.58 bits per heavy atom. The standard InChI is InChI=1S/C45H58N9O22P3S2/c1-4-47-30-18-16-28-34(29-17-19-31(48-5-2)41(81(68,69)70)39(29)74-38(28)40(30)80(65,66)67)26-13-8-9-14-27(26)44(58)53(3)21-12-15-33(55)49-20-10-6-7-11-22-71-77(59,60)75-79(63,64)76-78(61,62)72-23-32-36(56)37(57)45(73-32)54-25-52-35-42(46)50-24-51-43(35)54/h8-9,13-14,16-19,24-25,32,36-37,45,47,56-57H,4-7,10-12,15,20-23H2,1-3H3,(H,49,55)(H,59,60)(H,61,62)(H,63,64)(H2,46,50,51)(H,65,66,67)(H,68,69,70)/t32-,36-,37-,45-/m1/s1. The van der Waals surface area contributed by atoms with E-state index in [0.29, 0.717) is 19.3 Å². The molecule has 4 heterocycles. The highest BCUT2D eigenvalue weighted by Crippen LogP contribution is 2.68. The van der Waals surface area contributed by atoms with Gasteiger partial charge in [-0.1, -0.05) is 31.0 Å². The number of ether oxygens (including phenoxy) is 1. The Balaban J connectivity index is 0.867. The Kier molecular flexibility index (Phi) is 20.1. The maximum Gasteiger partial charge on any atom is 0.490 e. The lowest BCUT2D eigenvalue weighted by Crippen LogP contribution is -2.76. The summed E-state index contributed by atoms with van der Waals surface area (Å²) in [6.07, 6.45) is -2.37. The van der Waals surface area contributed by atoms with E-state index in [9.17, 15) is 74.1 Å². The number of aliphatic hydroxyl groups excluding tert-OH is 2. The zero-order valence-electron chi connectivity index (χ0n) is 43.3. The number of carbonyl (C=O) groups is 2. The van der Waals surface area contributed by atoms with Crippen molar-refractivity contribution in [3.05, 3.63) is 72.1 Å². The molecule has 1 aliphatic carbocycles. The van der Waals surface area contributed by atoms with Crippen LogP contribution in [0.3, 0.4) is 0 Å². The van der Waals surface area contributed by atoms with Crippen LogP contribution < -0.4 is 26.7 Å². The zero-order chi connectivity index (χ0) is 59.2. The van der Waals surface area contributed by atoms with Crippen LogP contribution in [0.25, 0.3) is 44.6 Å². The number of nitrogen functional groups attached to an aromatic ring is 1. The number of nitrogens with one attached hydrogen (secondary N) is 3. The van der Waals surface area contributed by atoms with E-state index >= 15 is 0 Å². The van der Waals surface area contributed by atoms with Gasteiger partial charge < -0.3 is 59.9 Å². The molecule has 2 amide bonds. The number of hydrogen-bond donors (Lipinski definition) is 10. The number of rotatable bonds is 27. The van der Waals surface area contributed by atoms with Crippen molar-refractivity contribution in [3.63, 3.8) is 0 Å². The molecule has 2 aromatic carbocycles. The summed E-state index contributed by atoms with van der Waals surface area (Å²) in [5.41, 5.74) is 5.80. The quantitative estimate of drug-likeness (QED) is 0.0152. The van der Waals surface area contributed by atoms with Crippen LogP contribution in [0.15, 0.2) is 75.4 Å². The number of aliphatic hydroxyl groups is 2. The third-order valence-corrected chi connectivity index (χ3v) is 18.5. The molecule has 4 aromatic rings. The normalized spacial score (nSPS) is 19.4. The number of anilines is 2. The van der Waals surface area contributed by atoms with E-state index in [1.807, 2.05) is 0 Å². The minimum Gasteiger partial charge on any atom is -0.744 e. The SMILES string of the molecule is CCNc1ccc2c(-c3ccccc3C(=O)N(C)CCCC(=O)NCCCCCCOP(=O)(O)OP(=O)(O)OP(=O)(O)OC[C@H]3O[C@@H](n4cnc5c(N)ncnc54)[C@H](O)[C@@H]3O)c3ccc(=[NH+]CC)c(S(=O)(=O)O)c-3oc2c1S(=O)(=O)[O-]. The summed E-state index contributed by atoms with van der Waals surface area (Å²) in [5, 5.41) is 26.6. The summed E-state index contributed by atoms with van der Waals surface area (Å²) < 4.78 is 143. The van der Waals surface area contributed by atoms with Gasteiger partial charge in [0.2, 0.25) is 16.2 Å². The third-order valence-electron chi connectivity index (χ3n) is 12.3. The Labute approximate surface area is 461 Å². The second kappa shape index (κ2) is 25.9. The first-order valence-electron chi connectivity index (χ1n) is 24.6. The Morgan fingerprint density at radius 1 is 0.877 bits per heavy atom. The van der Waals surface area contributed by atoms with Crippen molar-refractivity contribution in [2.45, 2.75) is 86.7 Å². The summed E-state index contributed by atoms with van der Waals surface area (Å²) in [7, 11) is -25.7. The smallest absolute Gasteiger partial charge is 0.490 e. The molecule has 2 aliphatic heterocycles. The Bertz CT molecular complexity index is 3740. The fourth-order valence-electron chi connectivity index (χ4n) is 8.81. The summed E-state index contributed by atoms with van der Waals surface area (Å²) >= 11 is 0. The van der Waals surface area contributed by atoms with Crippen molar-refractivity contribution in [3.8, 4) is 22.5 Å². The largest absolute Gasteiger partial charge is 0.744 e. The number of amides is 2. The molecular weight excluding hydrogens is 1180 g/mol. The van der Waals surface area contributed by atoms with E-state index in [2.05, 4.69) is 43.7 Å². The molecular formula is C45H58N9O22P3S2. The fraction of sp³-hybridized carbons (Fsp3) is 0.422. The van der Waals surface area contributed by atoms with E-state index in [-0.39, 0.29) is 107 Å². The monoisotopic (exact) mass is 1230 g/mol. The van der Waals surface area contributed by atoms with Crippen LogP contribution in [-0.2, 0) is 61.1 Å². The lowest BCUT2D eigenvalue weighted by atomic mass is 9.90. The second-order valence-electron chi connectivity index (χ2n) is 18.1. The number of phosphoric acid groups is 3. The predicted molar refractivity (Wildman–Crippen MR) is 282 cm³/mol. The van der Waals surface area contributed by atoms with Crippen molar-refractivity contribution in [1.29, 1.82) is 0 Å². The molecule has 0 spiro atoms. The molecule has 81 heavy (non-hydrogen) atoms. The van der Waals surface area contributed by atoms with Crippen LogP contribution in [0.4, 0.5) is 11.5 Å². The highest BCUT2D eigenvalue weighted by atomic mass is 32.2. The van der Waals surface area contributed by atoms with Gasteiger partial charge in [0.15, 0.2) is 29.0 Å². The van der Waals surface area contributed by atoms with Crippen molar-refractivity contribution in [2.24, 2.45) is 0 Å². The maximum atomic E-state index is 14.2. The van der Waals surface area contributed by atoms with E-state index in [1.165, 1.54) is 53.2 Å². The molecule has 7 atom stereocenters. The van der Waals surface area contributed by atoms with Crippen LogP contribution in [0.2, 0.25) is 0 Å². The van der Waals surface area contributed by atoms with Gasteiger partial charge >= 0.3 is 33.6 Å². The number of nitrogens with two attached hydrogens (primary N) is 1. The van der Waals surface area contributed by atoms with Gasteiger partial charge in [0.25, 0.3) is 5.91 Å². The molecule has 0 saturated carbocycles. The van der Waals surface area contributed by atoms with E-state index in [0.717, 1.165) is 6.33 Å². The number of hydrogen-bond acceptors (Lipinski definition) is 23. The highest BCUT2D eigenvalue weighted by molar-refractivity contribution is 7.86. The second-order valence-corrected chi connectivity index (χ2v) is 25.4. The van der Waals surface area contributed by atoms with Gasteiger partial charge in [0, 0.05) is 61.2 Å². The van der Waals surface area contributed by atoms with Crippen LogP contribution in [0.5, 0.6) is 0 Å². The molecule has 11 N–H and O–H groups in total. The number of nitrogens with zero attached hydrogens (tertiary/aromatic N) is 5. The van der Waals surface area contributed by atoms with Crippen LogP contribution in [0.1, 0.15) is 69.0 Å². The first-order valence-corrected chi connectivity index (χ1v) is 32.0. The van der Waals surface area contributed by atoms with Gasteiger partial charge in [0.05, 0.1) is 25.2 Å². The number of fused-ring (bicyclic) bond motifs is 3. The molecule has 31 nitrogen and oxygen atoms in total. The average molecular weight is 1230 g/mol. The maximum absolute atomic E-state index is 14.2. The molecule has 36 heteroatoms. The number of unbranched alkanes of at least 4 members (excludes halogenated alkanes) is 3. The van der Waals surface area contributed by atoms with Gasteiger partial charge in [-0.2, -0.15) is 17.0 Å². The van der Waals surface area contributed by atoms with Crippen molar-refractivity contribution >= 4 is 89.2 Å². The molecule has 0 bridgehead atoms. The van der Waals surface area contributed by atoms with E-state index in [1.54, 1.807) is 32.0 Å². The zero-order valence-corrected chi connectivity index (χ0v) is 47.6. The third kappa shape index (κ3) is 15.1. The Morgan fingerprint density at radius 3 is 2.27 bits per heavy atom. The van der Waals surface area contributed by atoms with Gasteiger partial charge in [-0.3, -0.25) is 27.8 Å². The summed E-state index contributed by atoms with van der Waals surface area (Å²) in [6, 6.07) is 11.8.